The number of alkyl halides is 3. The minimum Gasteiger partial charge on any atom is -0.310 e. The van der Waals surface area contributed by atoms with Crippen molar-refractivity contribution in [3.63, 3.8) is 0 Å². The first-order valence-corrected chi connectivity index (χ1v) is 7.26. The highest BCUT2D eigenvalue weighted by atomic mass is 19.4. The Labute approximate surface area is 119 Å². The van der Waals surface area contributed by atoms with E-state index < -0.39 is 11.7 Å². The molecule has 0 heterocycles. The molecule has 1 aromatic rings. The lowest BCUT2D eigenvalue weighted by Gasteiger charge is -2.28. The van der Waals surface area contributed by atoms with Gasteiger partial charge in [-0.05, 0) is 42.6 Å². The number of hydrogen-bond acceptors (Lipinski definition) is 1. The van der Waals surface area contributed by atoms with Crippen LogP contribution in [-0.4, -0.2) is 6.54 Å². The van der Waals surface area contributed by atoms with Gasteiger partial charge in [0, 0.05) is 6.04 Å². The van der Waals surface area contributed by atoms with E-state index in [4.69, 9.17) is 0 Å². The molecule has 1 nitrogen and oxygen atoms in total. The molecule has 114 valence electrons. The maximum absolute atomic E-state index is 12.7. The van der Waals surface area contributed by atoms with Gasteiger partial charge >= 0.3 is 6.18 Å². The molecule has 20 heavy (non-hydrogen) atoms. The summed E-state index contributed by atoms with van der Waals surface area (Å²) >= 11 is 0. The molecule has 4 heteroatoms. The van der Waals surface area contributed by atoms with E-state index in [1.54, 1.807) is 13.0 Å². The maximum Gasteiger partial charge on any atom is 0.416 e. The Hall–Kier alpha value is -1.03. The second kappa shape index (κ2) is 7.11. The zero-order chi connectivity index (χ0) is 15.3. The van der Waals surface area contributed by atoms with Crippen molar-refractivity contribution in [2.24, 2.45) is 5.92 Å². The van der Waals surface area contributed by atoms with Gasteiger partial charge < -0.3 is 5.32 Å². The van der Waals surface area contributed by atoms with E-state index in [2.05, 4.69) is 19.2 Å². The Morgan fingerprint density at radius 2 is 1.70 bits per heavy atom. The van der Waals surface area contributed by atoms with Crippen LogP contribution in [0.4, 0.5) is 13.2 Å². The Balaban J connectivity index is 3.15. The van der Waals surface area contributed by atoms with Gasteiger partial charge in [0.25, 0.3) is 0 Å². The number of benzene rings is 1. The molecular formula is C16H24F3N. The topological polar surface area (TPSA) is 12.0 Å². The molecule has 1 aromatic carbocycles. The van der Waals surface area contributed by atoms with Crippen LogP contribution in [0.5, 0.6) is 0 Å². The van der Waals surface area contributed by atoms with E-state index in [9.17, 15) is 13.2 Å². The molecule has 0 saturated carbocycles. The van der Waals surface area contributed by atoms with Crippen LogP contribution in [0.2, 0.25) is 0 Å². The fourth-order valence-corrected chi connectivity index (χ4v) is 2.71. The first-order chi connectivity index (χ1) is 9.35. The molecule has 0 fully saturated rings. The van der Waals surface area contributed by atoms with Crippen molar-refractivity contribution in [3.05, 3.63) is 34.9 Å². The summed E-state index contributed by atoms with van der Waals surface area (Å²) in [5.41, 5.74) is 1.12. The van der Waals surface area contributed by atoms with Crippen LogP contribution < -0.4 is 5.32 Å². The fraction of sp³-hybridized carbons (Fsp3) is 0.625. The lowest BCUT2D eigenvalue weighted by Crippen LogP contribution is -2.28. The van der Waals surface area contributed by atoms with Crippen molar-refractivity contribution in [1.29, 1.82) is 0 Å². The molecule has 0 aromatic heterocycles. The number of nitrogens with one attached hydrogen (secondary N) is 1. The highest BCUT2D eigenvalue weighted by Gasteiger charge is 2.31. The minimum absolute atomic E-state index is 0.122. The SMILES string of the molecule is CCNC(c1ccc(C(F)(F)F)cc1C)C(CC)CC. The Morgan fingerprint density at radius 1 is 1.10 bits per heavy atom. The van der Waals surface area contributed by atoms with Gasteiger partial charge in [-0.25, -0.2) is 0 Å². The summed E-state index contributed by atoms with van der Waals surface area (Å²) in [6.45, 7) is 8.84. The number of halogens is 3. The maximum atomic E-state index is 12.7. The van der Waals surface area contributed by atoms with Crippen LogP contribution in [0.25, 0.3) is 0 Å². The molecule has 0 radical (unpaired) electrons. The molecule has 0 aliphatic carbocycles. The summed E-state index contributed by atoms with van der Waals surface area (Å²) in [6, 6.07) is 4.19. The van der Waals surface area contributed by atoms with Crippen LogP contribution in [0.15, 0.2) is 18.2 Å². The normalized spacial score (nSPS) is 13.8. The van der Waals surface area contributed by atoms with Gasteiger partial charge in [0.2, 0.25) is 0 Å². The van der Waals surface area contributed by atoms with Crippen molar-refractivity contribution in [2.75, 3.05) is 6.54 Å². The zero-order valence-electron chi connectivity index (χ0n) is 12.6. The first kappa shape index (κ1) is 17.0. The van der Waals surface area contributed by atoms with E-state index in [1.165, 1.54) is 12.1 Å². The van der Waals surface area contributed by atoms with Crippen LogP contribution in [-0.2, 0) is 6.18 Å². The first-order valence-electron chi connectivity index (χ1n) is 7.26. The third kappa shape index (κ3) is 3.98. The quantitative estimate of drug-likeness (QED) is 0.767. The predicted octanol–water partition coefficient (Wildman–Crippen LogP) is 5.10. The van der Waals surface area contributed by atoms with Crippen LogP contribution in [0.1, 0.15) is 56.3 Å². The van der Waals surface area contributed by atoms with E-state index in [1.807, 2.05) is 6.92 Å². The average molecular weight is 287 g/mol. The molecule has 1 rings (SSSR count). The summed E-state index contributed by atoms with van der Waals surface area (Å²) in [6.07, 6.45) is -2.25. The molecule has 1 unspecified atom stereocenters. The van der Waals surface area contributed by atoms with Gasteiger partial charge in [-0.15, -0.1) is 0 Å². The van der Waals surface area contributed by atoms with Crippen molar-refractivity contribution in [2.45, 2.75) is 52.8 Å². The van der Waals surface area contributed by atoms with Crippen molar-refractivity contribution >= 4 is 0 Å². The van der Waals surface area contributed by atoms with Crippen molar-refractivity contribution in [3.8, 4) is 0 Å². The van der Waals surface area contributed by atoms with Crippen molar-refractivity contribution < 1.29 is 13.2 Å². The second-order valence-corrected chi connectivity index (χ2v) is 5.18. The molecule has 0 amide bonds. The molecule has 1 N–H and O–H groups in total. The lowest BCUT2D eigenvalue weighted by atomic mass is 9.86. The van der Waals surface area contributed by atoms with E-state index in [0.717, 1.165) is 24.9 Å². The summed E-state index contributed by atoms with van der Waals surface area (Å²) < 4.78 is 38.2. The third-order valence-corrected chi connectivity index (χ3v) is 3.88. The minimum atomic E-state index is -4.27. The van der Waals surface area contributed by atoms with E-state index in [-0.39, 0.29) is 6.04 Å². The van der Waals surface area contributed by atoms with Gasteiger partial charge in [-0.1, -0.05) is 39.7 Å². The van der Waals surface area contributed by atoms with Crippen LogP contribution in [0.3, 0.4) is 0 Å². The molecular weight excluding hydrogens is 263 g/mol. The lowest BCUT2D eigenvalue weighted by molar-refractivity contribution is -0.137. The average Bonchev–Trinajstić information content (AvgIpc) is 2.38. The standard InChI is InChI=1S/C16H24F3N/c1-5-12(6-2)15(20-7-3)14-9-8-13(10-11(14)4)16(17,18)19/h8-10,12,15,20H,5-7H2,1-4H3. The Morgan fingerprint density at radius 3 is 2.10 bits per heavy atom. The third-order valence-electron chi connectivity index (χ3n) is 3.88. The van der Waals surface area contributed by atoms with Crippen LogP contribution >= 0.6 is 0 Å². The smallest absolute Gasteiger partial charge is 0.310 e. The molecule has 0 spiro atoms. The fourth-order valence-electron chi connectivity index (χ4n) is 2.71. The number of rotatable bonds is 6. The number of hydrogen-bond donors (Lipinski definition) is 1. The Bertz CT molecular complexity index is 422. The molecule has 0 aliphatic rings. The van der Waals surface area contributed by atoms with Gasteiger partial charge in [-0.3, -0.25) is 0 Å². The molecule has 1 atom stereocenters. The summed E-state index contributed by atoms with van der Waals surface area (Å²) in [7, 11) is 0. The largest absolute Gasteiger partial charge is 0.416 e. The zero-order valence-corrected chi connectivity index (χ0v) is 12.6. The molecule has 0 saturated heterocycles. The Kier molecular flexibility index (Phi) is 6.06. The highest BCUT2D eigenvalue weighted by Crippen LogP contribution is 2.34. The highest BCUT2D eigenvalue weighted by molar-refractivity contribution is 5.35. The van der Waals surface area contributed by atoms with Gasteiger partial charge in [-0.2, -0.15) is 13.2 Å². The van der Waals surface area contributed by atoms with E-state index in [0.29, 0.717) is 11.5 Å². The van der Waals surface area contributed by atoms with Crippen LogP contribution in [0, 0.1) is 12.8 Å². The van der Waals surface area contributed by atoms with E-state index >= 15 is 0 Å². The van der Waals surface area contributed by atoms with Gasteiger partial charge in [0.1, 0.15) is 0 Å². The molecule has 0 bridgehead atoms. The number of aryl methyl sites for hydroxylation is 1. The molecule has 0 aliphatic heterocycles. The second-order valence-electron chi connectivity index (χ2n) is 5.18. The van der Waals surface area contributed by atoms with Gasteiger partial charge in [0.15, 0.2) is 0 Å². The summed E-state index contributed by atoms with van der Waals surface area (Å²) in [5.74, 6) is 0.436. The summed E-state index contributed by atoms with van der Waals surface area (Å²) in [5, 5.41) is 3.42. The van der Waals surface area contributed by atoms with Crippen molar-refractivity contribution in [1.82, 2.24) is 5.32 Å². The predicted molar refractivity (Wildman–Crippen MR) is 76.7 cm³/mol. The van der Waals surface area contributed by atoms with Gasteiger partial charge in [0.05, 0.1) is 5.56 Å². The monoisotopic (exact) mass is 287 g/mol. The summed E-state index contributed by atoms with van der Waals surface area (Å²) in [4.78, 5) is 0.